The number of thiophene rings is 1. The number of aryl methyl sites for hydroxylation is 1. The van der Waals surface area contributed by atoms with Gasteiger partial charge in [0.25, 0.3) is 0 Å². The summed E-state index contributed by atoms with van der Waals surface area (Å²) in [6.07, 6.45) is 0. The van der Waals surface area contributed by atoms with Crippen LogP contribution >= 0.6 is 11.3 Å². The van der Waals surface area contributed by atoms with Gasteiger partial charge in [0.2, 0.25) is 11.8 Å². The van der Waals surface area contributed by atoms with Crippen LogP contribution in [0.4, 0.5) is 26.4 Å². The molecule has 0 spiro atoms. The van der Waals surface area contributed by atoms with Crippen molar-refractivity contribution < 1.29 is 13.5 Å². The van der Waals surface area contributed by atoms with E-state index in [1.807, 2.05) is 28.5 Å². The molecule has 4 aromatic heterocycles. The number of rotatable bonds is 6. The van der Waals surface area contributed by atoms with Crippen LogP contribution in [0.5, 0.6) is 11.6 Å². The quantitative estimate of drug-likeness (QED) is 0.279. The molecule has 5 heterocycles. The average Bonchev–Trinajstić information content (AvgIpc) is 3.64. The predicted octanol–water partition coefficient (Wildman–Crippen LogP) is 5.28. The molecule has 0 radical (unpaired) electrons. The summed E-state index contributed by atoms with van der Waals surface area (Å²) in [5, 5.41) is 12.6. The lowest BCUT2D eigenvalue weighted by molar-refractivity contribution is 0.310. The number of benzene rings is 1. The zero-order chi connectivity index (χ0) is 25.5. The predicted molar refractivity (Wildman–Crippen MR) is 140 cm³/mol. The maximum atomic E-state index is 15.2. The minimum atomic E-state index is -0.664. The van der Waals surface area contributed by atoms with Crippen molar-refractivity contribution in [1.29, 1.82) is 0 Å². The highest BCUT2D eigenvalue weighted by atomic mass is 32.1. The van der Waals surface area contributed by atoms with E-state index in [0.717, 1.165) is 42.8 Å². The molecule has 0 amide bonds. The number of likely N-dealkylation sites (N-methyl/N-ethyl adjacent to an activating group) is 1. The lowest BCUT2D eigenvalue weighted by atomic mass is 10.2. The molecule has 6 rings (SSSR count). The van der Waals surface area contributed by atoms with Gasteiger partial charge in [0.15, 0.2) is 23.2 Å². The molecule has 9 nitrogen and oxygen atoms in total. The van der Waals surface area contributed by atoms with Gasteiger partial charge in [-0.3, -0.25) is 5.10 Å². The lowest BCUT2D eigenvalue weighted by Crippen LogP contribution is -2.45. The van der Waals surface area contributed by atoms with Crippen LogP contribution in [0.1, 0.15) is 5.69 Å². The van der Waals surface area contributed by atoms with Gasteiger partial charge in [-0.15, -0.1) is 11.3 Å². The second kappa shape index (κ2) is 9.45. The highest BCUT2D eigenvalue weighted by molar-refractivity contribution is 7.13. The number of halogens is 2. The fourth-order valence-corrected chi connectivity index (χ4v) is 4.97. The van der Waals surface area contributed by atoms with Gasteiger partial charge < -0.3 is 24.8 Å². The SMILES string of the molecule is Cc1cc2c(F)c(Oc3cc(Nc4cc(-c5cccs5)[nH]n4)nc(N4CCN(C)CC4)n3)cc(F)c2[nH]1. The maximum absolute atomic E-state index is 15.2. The van der Waals surface area contributed by atoms with E-state index in [0.29, 0.717) is 23.3 Å². The van der Waals surface area contributed by atoms with E-state index in [4.69, 9.17) is 4.74 Å². The Morgan fingerprint density at radius 3 is 2.68 bits per heavy atom. The Morgan fingerprint density at radius 1 is 1.05 bits per heavy atom. The molecule has 5 aromatic rings. The monoisotopic (exact) mass is 522 g/mol. The van der Waals surface area contributed by atoms with Crippen molar-refractivity contribution in [3.8, 4) is 22.2 Å². The summed E-state index contributed by atoms with van der Waals surface area (Å²) in [6.45, 7) is 4.89. The first kappa shape index (κ1) is 23.4. The van der Waals surface area contributed by atoms with Gasteiger partial charge in [-0.25, -0.2) is 8.78 Å². The highest BCUT2D eigenvalue weighted by Crippen LogP contribution is 2.34. The van der Waals surface area contributed by atoms with E-state index >= 15 is 4.39 Å². The molecular formula is C25H24F2N8OS. The number of nitrogens with zero attached hydrogens (tertiary/aromatic N) is 5. The molecule has 1 aliphatic rings. The van der Waals surface area contributed by atoms with Crippen LogP contribution in [0, 0.1) is 18.6 Å². The first-order chi connectivity index (χ1) is 17.9. The van der Waals surface area contributed by atoms with E-state index in [2.05, 4.69) is 42.4 Å². The Balaban J connectivity index is 1.34. The van der Waals surface area contributed by atoms with E-state index in [-0.39, 0.29) is 22.5 Å². The normalized spacial score (nSPS) is 14.4. The van der Waals surface area contributed by atoms with E-state index in [1.54, 1.807) is 30.4 Å². The fraction of sp³-hybridized carbons (Fsp3) is 0.240. The molecule has 1 aliphatic heterocycles. The summed E-state index contributed by atoms with van der Waals surface area (Å²) in [5.74, 6) is -0.0298. The number of hydrogen-bond acceptors (Lipinski definition) is 8. The molecule has 12 heteroatoms. The second-order valence-corrected chi connectivity index (χ2v) is 9.91. The Labute approximate surface area is 215 Å². The number of piperazine rings is 1. The van der Waals surface area contributed by atoms with Crippen molar-refractivity contribution in [2.45, 2.75) is 6.92 Å². The Bertz CT molecular complexity index is 1560. The topological polar surface area (TPSA) is 98.0 Å². The molecule has 1 saturated heterocycles. The number of fused-ring (bicyclic) bond motifs is 1. The summed E-state index contributed by atoms with van der Waals surface area (Å²) >= 11 is 1.60. The number of aromatic amines is 2. The van der Waals surface area contributed by atoms with Crippen LogP contribution in [0.25, 0.3) is 21.5 Å². The third-order valence-electron chi connectivity index (χ3n) is 6.21. The van der Waals surface area contributed by atoms with Gasteiger partial charge in [0, 0.05) is 55.5 Å². The third-order valence-corrected chi connectivity index (χ3v) is 7.12. The highest BCUT2D eigenvalue weighted by Gasteiger charge is 2.21. The van der Waals surface area contributed by atoms with Crippen molar-refractivity contribution in [2.24, 2.45) is 0 Å². The number of aromatic nitrogens is 5. The molecule has 3 N–H and O–H groups in total. The first-order valence-electron chi connectivity index (χ1n) is 11.8. The molecule has 37 heavy (non-hydrogen) atoms. The summed E-state index contributed by atoms with van der Waals surface area (Å²) < 4.78 is 35.7. The number of nitrogens with one attached hydrogen (secondary N) is 3. The molecule has 190 valence electrons. The van der Waals surface area contributed by atoms with Crippen LogP contribution in [0.15, 0.2) is 41.8 Å². The van der Waals surface area contributed by atoms with E-state index in [1.165, 1.54) is 0 Å². The Morgan fingerprint density at radius 2 is 1.89 bits per heavy atom. The summed E-state index contributed by atoms with van der Waals surface area (Å²) in [7, 11) is 2.06. The van der Waals surface area contributed by atoms with Crippen molar-refractivity contribution in [3.63, 3.8) is 0 Å². The van der Waals surface area contributed by atoms with Crippen LogP contribution in [-0.4, -0.2) is 63.3 Å². The molecule has 0 aliphatic carbocycles. The summed E-state index contributed by atoms with van der Waals surface area (Å²) in [6, 6.07) is 9.97. The van der Waals surface area contributed by atoms with Crippen LogP contribution in [0.2, 0.25) is 0 Å². The summed E-state index contributed by atoms with van der Waals surface area (Å²) in [4.78, 5) is 17.3. The Hall–Kier alpha value is -4.03. The fourth-order valence-electron chi connectivity index (χ4n) is 4.27. The zero-order valence-electron chi connectivity index (χ0n) is 20.2. The Kier molecular flexibility index (Phi) is 5.97. The molecule has 1 fully saturated rings. The van der Waals surface area contributed by atoms with Crippen LogP contribution in [-0.2, 0) is 0 Å². The van der Waals surface area contributed by atoms with Gasteiger partial charge >= 0.3 is 0 Å². The van der Waals surface area contributed by atoms with Gasteiger partial charge in [0.1, 0.15) is 5.82 Å². The van der Waals surface area contributed by atoms with Crippen LogP contribution in [0.3, 0.4) is 0 Å². The number of anilines is 3. The second-order valence-electron chi connectivity index (χ2n) is 8.96. The number of H-pyrrole nitrogens is 2. The van der Waals surface area contributed by atoms with Gasteiger partial charge in [-0.2, -0.15) is 15.1 Å². The zero-order valence-corrected chi connectivity index (χ0v) is 21.0. The number of hydrogen-bond donors (Lipinski definition) is 3. The van der Waals surface area contributed by atoms with Crippen molar-refractivity contribution in [2.75, 3.05) is 43.4 Å². The van der Waals surface area contributed by atoms with E-state index < -0.39 is 11.6 Å². The summed E-state index contributed by atoms with van der Waals surface area (Å²) in [5.41, 5.74) is 1.62. The smallest absolute Gasteiger partial charge is 0.230 e. The van der Waals surface area contributed by atoms with E-state index in [9.17, 15) is 4.39 Å². The molecule has 0 unspecified atom stereocenters. The molecule has 1 aromatic carbocycles. The standard InChI is InChI=1S/C25H24F2N8OS/c1-14-10-15-23(27)18(11-16(26)24(15)28-14)36-22-13-20(30-25(31-22)35-7-5-34(2)6-8-35)29-21-12-17(32-33-21)19-4-3-9-37-19/h3-4,9-13,28H,5-8H2,1-2H3,(H2,29,30,31,32,33). The van der Waals surface area contributed by atoms with Gasteiger partial charge in [-0.1, -0.05) is 6.07 Å². The van der Waals surface area contributed by atoms with Crippen molar-refractivity contribution in [3.05, 3.63) is 59.1 Å². The van der Waals surface area contributed by atoms with Gasteiger partial charge in [-0.05, 0) is 31.5 Å². The molecule has 0 bridgehead atoms. The molecule has 0 atom stereocenters. The molecule has 0 saturated carbocycles. The van der Waals surface area contributed by atoms with Crippen molar-refractivity contribution in [1.82, 2.24) is 30.0 Å². The average molecular weight is 523 g/mol. The van der Waals surface area contributed by atoms with Crippen molar-refractivity contribution >= 4 is 39.8 Å². The third kappa shape index (κ3) is 4.72. The minimum absolute atomic E-state index is 0.0883. The molecular weight excluding hydrogens is 498 g/mol. The largest absolute Gasteiger partial charge is 0.436 e. The first-order valence-corrected chi connectivity index (χ1v) is 12.6. The maximum Gasteiger partial charge on any atom is 0.230 e. The van der Waals surface area contributed by atoms with Gasteiger partial charge in [0.05, 0.1) is 16.1 Å². The van der Waals surface area contributed by atoms with Crippen LogP contribution < -0.4 is 15.0 Å². The minimum Gasteiger partial charge on any atom is -0.436 e. The lowest BCUT2D eigenvalue weighted by Gasteiger charge is -2.32. The number of ether oxygens (including phenoxy) is 1.